The highest BCUT2D eigenvalue weighted by Gasteiger charge is 2.48. The molecular formula is C32H42I2N4O9. The third-order valence-corrected chi connectivity index (χ3v) is 9.07. The van der Waals surface area contributed by atoms with Gasteiger partial charge in [-0.05, 0) is 127 Å². The SMILES string of the molecule is CC1CCCO1.CNC(=O)C(C)(C(=O)O)N(C)C(=O)c1ccc(I)cc1.CNC(=O)C(C)(C(=O)OC)N(C)C(=O)c1ccc(I)cc1. The van der Waals surface area contributed by atoms with Crippen LogP contribution >= 0.6 is 45.2 Å². The molecule has 1 fully saturated rings. The number of carbonyl (C=O) groups excluding carboxylic acids is 5. The van der Waals surface area contributed by atoms with Crippen LogP contribution in [-0.4, -0.2) is 110 Å². The Morgan fingerprint density at radius 3 is 1.47 bits per heavy atom. The minimum atomic E-state index is -1.96. The van der Waals surface area contributed by atoms with Crippen LogP contribution in [0.3, 0.4) is 0 Å². The van der Waals surface area contributed by atoms with E-state index in [1.54, 1.807) is 48.5 Å². The van der Waals surface area contributed by atoms with E-state index in [2.05, 4.69) is 67.5 Å². The number of benzene rings is 2. The molecule has 0 aliphatic carbocycles. The van der Waals surface area contributed by atoms with Crippen molar-refractivity contribution in [3.8, 4) is 0 Å². The highest BCUT2D eigenvalue weighted by molar-refractivity contribution is 14.1. The van der Waals surface area contributed by atoms with Crippen molar-refractivity contribution >= 4 is 80.7 Å². The van der Waals surface area contributed by atoms with Crippen molar-refractivity contribution in [1.82, 2.24) is 20.4 Å². The summed E-state index contributed by atoms with van der Waals surface area (Å²) in [6, 6.07) is 13.5. The van der Waals surface area contributed by atoms with Gasteiger partial charge in [0.25, 0.3) is 23.6 Å². The van der Waals surface area contributed by atoms with Crippen LogP contribution in [0.25, 0.3) is 0 Å². The standard InChI is InChI=1S/C14H17IN2O4.C13H15IN2O4.C5H10O/c1-14(12(19)16-2,13(20)21-4)17(3)11(18)9-5-7-10(15)8-6-9;1-13(12(19)20,11(18)15-2)16(3)10(17)8-4-6-9(14)7-5-8;1-5-3-2-4-6-5/h5-8H,1-4H3,(H,16,19);4-7H,1-3H3,(H,15,18)(H,19,20);5H,2-4H2,1H3. The number of methoxy groups -OCH3 is 1. The van der Waals surface area contributed by atoms with Gasteiger partial charge >= 0.3 is 11.9 Å². The molecule has 2 aromatic carbocycles. The van der Waals surface area contributed by atoms with Crippen molar-refractivity contribution in [3.05, 3.63) is 66.8 Å². The number of likely N-dealkylation sites (N-methyl/N-ethyl adjacent to an activating group) is 4. The van der Waals surface area contributed by atoms with E-state index in [4.69, 9.17) is 4.74 Å². The van der Waals surface area contributed by atoms with Gasteiger partial charge in [-0.2, -0.15) is 0 Å². The van der Waals surface area contributed by atoms with E-state index in [0.29, 0.717) is 17.2 Å². The number of nitrogens with one attached hydrogen (secondary N) is 2. The third-order valence-electron chi connectivity index (χ3n) is 7.63. The van der Waals surface area contributed by atoms with Crippen LogP contribution in [0.15, 0.2) is 48.5 Å². The average molecular weight is 881 g/mol. The highest BCUT2D eigenvalue weighted by atomic mass is 127. The molecule has 3 rings (SSSR count). The number of halogens is 2. The van der Waals surface area contributed by atoms with E-state index in [9.17, 15) is 33.9 Å². The Labute approximate surface area is 302 Å². The molecule has 258 valence electrons. The molecule has 4 amide bonds. The summed E-state index contributed by atoms with van der Waals surface area (Å²) in [4.78, 5) is 74.1. The zero-order chi connectivity index (χ0) is 36.1. The molecule has 0 aromatic heterocycles. The van der Waals surface area contributed by atoms with Gasteiger partial charge < -0.3 is 35.0 Å². The Bertz CT molecular complexity index is 1400. The van der Waals surface area contributed by atoms with Crippen molar-refractivity contribution < 1.29 is 43.3 Å². The fraction of sp³-hybridized carbons (Fsp3) is 0.438. The van der Waals surface area contributed by atoms with Gasteiger partial charge in [-0.1, -0.05) is 0 Å². The first-order valence-corrected chi connectivity index (χ1v) is 16.5. The zero-order valence-electron chi connectivity index (χ0n) is 27.7. The minimum absolute atomic E-state index is 0.323. The van der Waals surface area contributed by atoms with E-state index < -0.39 is 46.6 Å². The molecule has 2 aromatic rings. The molecular weight excluding hydrogens is 838 g/mol. The Morgan fingerprint density at radius 2 is 1.19 bits per heavy atom. The quantitative estimate of drug-likeness (QED) is 0.205. The number of carboxylic acid groups (broad SMARTS) is 1. The smallest absolute Gasteiger partial charge is 0.341 e. The van der Waals surface area contributed by atoms with E-state index in [1.165, 1.54) is 62.0 Å². The second kappa shape index (κ2) is 18.9. The molecule has 3 N–H and O–H groups in total. The molecule has 15 heteroatoms. The largest absolute Gasteiger partial charge is 0.479 e. The molecule has 0 bridgehead atoms. The van der Waals surface area contributed by atoms with Crippen LogP contribution < -0.4 is 10.6 Å². The molecule has 0 radical (unpaired) electrons. The molecule has 1 saturated heterocycles. The molecule has 0 saturated carbocycles. The van der Waals surface area contributed by atoms with Crippen molar-refractivity contribution in [1.29, 1.82) is 0 Å². The number of ether oxygens (including phenoxy) is 2. The van der Waals surface area contributed by atoms with Gasteiger partial charge in [0.2, 0.25) is 11.1 Å². The Morgan fingerprint density at radius 1 is 0.809 bits per heavy atom. The number of hydrogen-bond acceptors (Lipinski definition) is 8. The fourth-order valence-corrected chi connectivity index (χ4v) is 4.90. The van der Waals surface area contributed by atoms with Crippen molar-refractivity contribution in [3.63, 3.8) is 0 Å². The number of hydrogen-bond donors (Lipinski definition) is 3. The van der Waals surface area contributed by atoms with Crippen LogP contribution in [0.5, 0.6) is 0 Å². The van der Waals surface area contributed by atoms with E-state index in [1.807, 2.05) is 0 Å². The lowest BCUT2D eigenvalue weighted by atomic mass is 9.98. The normalized spacial score (nSPS) is 15.8. The molecule has 1 heterocycles. The predicted octanol–water partition coefficient (Wildman–Crippen LogP) is 3.18. The first kappa shape index (κ1) is 41.7. The summed E-state index contributed by atoms with van der Waals surface area (Å²) in [7, 11) is 6.59. The summed E-state index contributed by atoms with van der Waals surface area (Å²) in [6.45, 7) is 5.65. The van der Waals surface area contributed by atoms with Crippen LogP contribution in [0.2, 0.25) is 0 Å². The molecule has 3 unspecified atom stereocenters. The average Bonchev–Trinajstić information content (AvgIpc) is 3.56. The Balaban J connectivity index is 0.000000398. The van der Waals surface area contributed by atoms with Crippen molar-refractivity contribution in [2.24, 2.45) is 0 Å². The maximum absolute atomic E-state index is 12.5. The highest BCUT2D eigenvalue weighted by Crippen LogP contribution is 2.20. The van der Waals surface area contributed by atoms with Gasteiger partial charge in [0.15, 0.2) is 0 Å². The molecule has 1 aliphatic heterocycles. The summed E-state index contributed by atoms with van der Waals surface area (Å²) in [5.41, 5.74) is -2.99. The topological polar surface area (TPSA) is 172 Å². The number of rotatable bonds is 8. The monoisotopic (exact) mass is 880 g/mol. The fourth-order valence-electron chi connectivity index (χ4n) is 4.18. The lowest BCUT2D eigenvalue weighted by Gasteiger charge is -2.34. The minimum Gasteiger partial charge on any atom is -0.479 e. The second-order valence-electron chi connectivity index (χ2n) is 10.7. The van der Waals surface area contributed by atoms with Crippen LogP contribution in [-0.2, 0) is 28.7 Å². The van der Waals surface area contributed by atoms with Crippen LogP contribution in [0.4, 0.5) is 0 Å². The summed E-state index contributed by atoms with van der Waals surface area (Å²) < 4.78 is 11.8. The maximum atomic E-state index is 12.5. The van der Waals surface area contributed by atoms with E-state index in [-0.39, 0.29) is 0 Å². The van der Waals surface area contributed by atoms with Gasteiger partial charge in [-0.15, -0.1) is 0 Å². The maximum Gasteiger partial charge on any atom is 0.341 e. The molecule has 13 nitrogen and oxygen atoms in total. The van der Waals surface area contributed by atoms with Crippen molar-refractivity contribution in [2.45, 2.75) is 50.8 Å². The van der Waals surface area contributed by atoms with Gasteiger partial charge in [-0.25, -0.2) is 9.59 Å². The van der Waals surface area contributed by atoms with Crippen molar-refractivity contribution in [2.75, 3.05) is 41.9 Å². The van der Waals surface area contributed by atoms with Gasteiger partial charge in [0.05, 0.1) is 13.2 Å². The Kier molecular flexibility index (Phi) is 16.7. The number of aliphatic carboxylic acids is 1. The number of esters is 1. The summed E-state index contributed by atoms with van der Waals surface area (Å²) in [5.74, 6) is -4.54. The van der Waals surface area contributed by atoms with Crippen LogP contribution in [0, 0.1) is 7.14 Å². The number of carboxylic acids is 1. The van der Waals surface area contributed by atoms with Gasteiger partial charge in [0, 0.05) is 53.1 Å². The molecule has 47 heavy (non-hydrogen) atoms. The van der Waals surface area contributed by atoms with Gasteiger partial charge in [0.1, 0.15) is 0 Å². The third kappa shape index (κ3) is 10.6. The molecule has 1 aliphatic rings. The molecule has 3 atom stereocenters. The van der Waals surface area contributed by atoms with Gasteiger partial charge in [-0.3, -0.25) is 19.2 Å². The lowest BCUT2D eigenvalue weighted by Crippen LogP contribution is -2.62. The summed E-state index contributed by atoms with van der Waals surface area (Å²) in [6.07, 6.45) is 3.08. The number of carbonyl (C=O) groups is 6. The second-order valence-corrected chi connectivity index (χ2v) is 13.2. The summed E-state index contributed by atoms with van der Waals surface area (Å²) in [5, 5.41) is 13.9. The zero-order valence-corrected chi connectivity index (χ0v) is 32.0. The predicted molar refractivity (Wildman–Crippen MR) is 192 cm³/mol. The lowest BCUT2D eigenvalue weighted by molar-refractivity contribution is -0.158. The van der Waals surface area contributed by atoms with E-state index >= 15 is 0 Å². The summed E-state index contributed by atoms with van der Waals surface area (Å²) >= 11 is 4.22. The number of amides is 4. The first-order chi connectivity index (χ1) is 21.9. The van der Waals surface area contributed by atoms with Crippen LogP contribution in [0.1, 0.15) is 54.3 Å². The Hall–Kier alpha value is -3.32. The first-order valence-electron chi connectivity index (χ1n) is 14.4. The van der Waals surface area contributed by atoms with E-state index in [0.717, 1.165) is 23.5 Å². The number of nitrogens with zero attached hydrogens (tertiary/aromatic N) is 2. The molecule has 0 spiro atoms.